The standard InChI is InChI=1S/C11H22N2/c1-9-7-10(9)13-6-5-11(8-12)3-2-4-11/h9-10,13H,2-8,12H2,1H3. The molecule has 2 aliphatic rings. The van der Waals surface area contributed by atoms with Crippen LogP contribution in [0.4, 0.5) is 0 Å². The minimum absolute atomic E-state index is 0.533. The maximum Gasteiger partial charge on any atom is 0.00963 e. The highest BCUT2D eigenvalue weighted by Crippen LogP contribution is 2.42. The number of nitrogens with one attached hydrogen (secondary N) is 1. The Labute approximate surface area is 81.3 Å². The van der Waals surface area contributed by atoms with Gasteiger partial charge in [0.05, 0.1) is 0 Å². The van der Waals surface area contributed by atoms with E-state index in [4.69, 9.17) is 5.73 Å². The van der Waals surface area contributed by atoms with Gasteiger partial charge in [-0.2, -0.15) is 0 Å². The van der Waals surface area contributed by atoms with Crippen molar-refractivity contribution in [1.29, 1.82) is 0 Å². The van der Waals surface area contributed by atoms with Gasteiger partial charge in [-0.15, -0.1) is 0 Å². The first kappa shape index (κ1) is 9.47. The Balaban J connectivity index is 1.61. The number of nitrogens with two attached hydrogens (primary N) is 1. The van der Waals surface area contributed by atoms with Gasteiger partial charge in [0.15, 0.2) is 0 Å². The first-order valence-electron chi connectivity index (χ1n) is 5.69. The van der Waals surface area contributed by atoms with Crippen molar-refractivity contribution in [3.63, 3.8) is 0 Å². The molecule has 0 radical (unpaired) electrons. The fraction of sp³-hybridized carbons (Fsp3) is 1.00. The van der Waals surface area contributed by atoms with E-state index >= 15 is 0 Å². The van der Waals surface area contributed by atoms with E-state index in [0.29, 0.717) is 5.41 Å². The number of hydrogen-bond acceptors (Lipinski definition) is 2. The van der Waals surface area contributed by atoms with Gasteiger partial charge in [-0.25, -0.2) is 0 Å². The van der Waals surface area contributed by atoms with E-state index in [1.54, 1.807) is 0 Å². The predicted octanol–water partition coefficient (Wildman–Crippen LogP) is 1.50. The second-order valence-corrected chi connectivity index (χ2v) is 5.08. The molecule has 0 spiro atoms. The molecule has 0 aromatic carbocycles. The molecule has 0 aliphatic heterocycles. The molecule has 76 valence electrons. The molecule has 13 heavy (non-hydrogen) atoms. The molecule has 2 rings (SSSR count). The van der Waals surface area contributed by atoms with Crippen LogP contribution in [0.15, 0.2) is 0 Å². The molecule has 0 amide bonds. The van der Waals surface area contributed by atoms with Crippen molar-refractivity contribution in [3.05, 3.63) is 0 Å². The lowest BCUT2D eigenvalue weighted by Gasteiger charge is -2.41. The van der Waals surface area contributed by atoms with E-state index in [2.05, 4.69) is 12.2 Å². The third-order valence-electron chi connectivity index (χ3n) is 4.02. The highest BCUT2D eigenvalue weighted by Gasteiger charge is 2.36. The molecule has 2 nitrogen and oxygen atoms in total. The Morgan fingerprint density at radius 3 is 2.54 bits per heavy atom. The third kappa shape index (κ3) is 2.05. The summed E-state index contributed by atoms with van der Waals surface area (Å²) in [5.74, 6) is 0.926. The van der Waals surface area contributed by atoms with Crippen molar-refractivity contribution in [2.45, 2.75) is 45.1 Å². The molecule has 2 atom stereocenters. The summed E-state index contributed by atoms with van der Waals surface area (Å²) in [5.41, 5.74) is 6.33. The molecule has 0 aromatic rings. The van der Waals surface area contributed by atoms with Gasteiger partial charge in [0.1, 0.15) is 0 Å². The smallest absolute Gasteiger partial charge is 0.00963 e. The van der Waals surface area contributed by atoms with Gasteiger partial charge in [-0.1, -0.05) is 13.3 Å². The molecule has 0 heterocycles. The maximum absolute atomic E-state index is 5.80. The lowest BCUT2D eigenvalue weighted by molar-refractivity contribution is 0.130. The zero-order valence-corrected chi connectivity index (χ0v) is 8.68. The maximum atomic E-state index is 5.80. The van der Waals surface area contributed by atoms with Gasteiger partial charge in [0.25, 0.3) is 0 Å². The van der Waals surface area contributed by atoms with Gasteiger partial charge in [-0.05, 0) is 50.1 Å². The van der Waals surface area contributed by atoms with E-state index in [1.807, 2.05) is 0 Å². The van der Waals surface area contributed by atoms with Crippen molar-refractivity contribution in [1.82, 2.24) is 5.32 Å². The van der Waals surface area contributed by atoms with E-state index in [9.17, 15) is 0 Å². The van der Waals surface area contributed by atoms with Crippen molar-refractivity contribution in [2.75, 3.05) is 13.1 Å². The summed E-state index contributed by atoms with van der Waals surface area (Å²) in [4.78, 5) is 0. The summed E-state index contributed by atoms with van der Waals surface area (Å²) in [6, 6.07) is 0.829. The lowest BCUT2D eigenvalue weighted by atomic mass is 9.67. The van der Waals surface area contributed by atoms with Crippen molar-refractivity contribution in [3.8, 4) is 0 Å². The van der Waals surface area contributed by atoms with Crippen LogP contribution in [0.3, 0.4) is 0 Å². The second kappa shape index (κ2) is 3.58. The zero-order valence-electron chi connectivity index (χ0n) is 8.68. The summed E-state index contributed by atoms with van der Waals surface area (Å²) in [6.07, 6.45) is 6.82. The summed E-state index contributed by atoms with van der Waals surface area (Å²) < 4.78 is 0. The Hall–Kier alpha value is -0.0800. The summed E-state index contributed by atoms with van der Waals surface area (Å²) in [5, 5.41) is 3.61. The van der Waals surface area contributed by atoms with Crippen LogP contribution in [0.2, 0.25) is 0 Å². The summed E-state index contributed by atoms with van der Waals surface area (Å²) in [6.45, 7) is 4.40. The SMILES string of the molecule is CC1CC1NCCC1(CN)CCC1. The molecular weight excluding hydrogens is 160 g/mol. The predicted molar refractivity (Wildman–Crippen MR) is 55.5 cm³/mol. The minimum Gasteiger partial charge on any atom is -0.330 e. The Bertz CT molecular complexity index is 169. The average Bonchev–Trinajstić information content (AvgIpc) is 2.73. The molecule has 0 saturated heterocycles. The van der Waals surface area contributed by atoms with Crippen molar-refractivity contribution in [2.24, 2.45) is 17.1 Å². The molecule has 0 bridgehead atoms. The van der Waals surface area contributed by atoms with E-state index in [1.165, 1.54) is 38.6 Å². The third-order valence-corrected chi connectivity index (χ3v) is 4.02. The van der Waals surface area contributed by atoms with Crippen LogP contribution in [0.1, 0.15) is 39.0 Å². The van der Waals surface area contributed by atoms with E-state index in [-0.39, 0.29) is 0 Å². The van der Waals surface area contributed by atoms with Gasteiger partial charge in [-0.3, -0.25) is 0 Å². The van der Waals surface area contributed by atoms with Gasteiger partial charge in [0.2, 0.25) is 0 Å². The second-order valence-electron chi connectivity index (χ2n) is 5.08. The van der Waals surface area contributed by atoms with Crippen LogP contribution in [0.25, 0.3) is 0 Å². The highest BCUT2D eigenvalue weighted by atomic mass is 15.0. The monoisotopic (exact) mass is 182 g/mol. The first-order chi connectivity index (χ1) is 6.26. The van der Waals surface area contributed by atoms with E-state index < -0.39 is 0 Å². The van der Waals surface area contributed by atoms with Crippen LogP contribution in [-0.4, -0.2) is 19.1 Å². The van der Waals surface area contributed by atoms with Crippen molar-refractivity contribution >= 4 is 0 Å². The van der Waals surface area contributed by atoms with Crippen LogP contribution >= 0.6 is 0 Å². The first-order valence-corrected chi connectivity index (χ1v) is 5.69. The van der Waals surface area contributed by atoms with Crippen LogP contribution in [0, 0.1) is 11.3 Å². The Kier molecular flexibility index (Phi) is 2.61. The van der Waals surface area contributed by atoms with Crippen LogP contribution in [-0.2, 0) is 0 Å². The van der Waals surface area contributed by atoms with Gasteiger partial charge in [0, 0.05) is 6.04 Å². The quantitative estimate of drug-likeness (QED) is 0.676. The fourth-order valence-electron chi connectivity index (χ4n) is 2.36. The molecule has 2 heteroatoms. The number of rotatable bonds is 5. The molecule has 2 unspecified atom stereocenters. The van der Waals surface area contributed by atoms with Crippen molar-refractivity contribution < 1.29 is 0 Å². The average molecular weight is 182 g/mol. The Morgan fingerprint density at radius 2 is 2.15 bits per heavy atom. The molecule has 0 aromatic heterocycles. The highest BCUT2D eigenvalue weighted by molar-refractivity contribution is 4.92. The van der Waals surface area contributed by atoms with Gasteiger partial charge < -0.3 is 11.1 Å². The summed E-state index contributed by atoms with van der Waals surface area (Å²) >= 11 is 0. The van der Waals surface area contributed by atoms with Gasteiger partial charge >= 0.3 is 0 Å². The number of hydrogen-bond donors (Lipinski definition) is 2. The van der Waals surface area contributed by atoms with Crippen LogP contribution < -0.4 is 11.1 Å². The molecule has 2 aliphatic carbocycles. The lowest BCUT2D eigenvalue weighted by Crippen LogP contribution is -2.40. The summed E-state index contributed by atoms with van der Waals surface area (Å²) in [7, 11) is 0. The van der Waals surface area contributed by atoms with Crippen LogP contribution in [0.5, 0.6) is 0 Å². The molecule has 3 N–H and O–H groups in total. The minimum atomic E-state index is 0.533. The van der Waals surface area contributed by atoms with E-state index in [0.717, 1.165) is 18.5 Å². The normalized spacial score (nSPS) is 35.5. The largest absolute Gasteiger partial charge is 0.330 e. The molecule has 2 saturated carbocycles. The Morgan fingerprint density at radius 1 is 1.46 bits per heavy atom. The molecule has 2 fully saturated rings. The fourth-order valence-corrected chi connectivity index (χ4v) is 2.36. The zero-order chi connectivity index (χ0) is 9.31. The topological polar surface area (TPSA) is 38.0 Å². The molecular formula is C11H22N2.